The van der Waals surface area contributed by atoms with Crippen LogP contribution in [0.15, 0.2) is 58.6 Å². The van der Waals surface area contributed by atoms with Crippen molar-refractivity contribution in [2.75, 3.05) is 0 Å². The summed E-state index contributed by atoms with van der Waals surface area (Å²) in [7, 11) is 0. The summed E-state index contributed by atoms with van der Waals surface area (Å²) in [6.07, 6.45) is 3.83. The number of amides is 1. The van der Waals surface area contributed by atoms with Gasteiger partial charge in [0.1, 0.15) is 4.88 Å². The quantitative estimate of drug-likeness (QED) is 0.578. The zero-order chi connectivity index (χ0) is 14.7. The van der Waals surface area contributed by atoms with Gasteiger partial charge in [-0.05, 0) is 41.9 Å². The summed E-state index contributed by atoms with van der Waals surface area (Å²) in [5.74, 6) is -0.190. The molecule has 0 aliphatic rings. The topological polar surface area (TPSA) is 46.4 Å². The van der Waals surface area contributed by atoms with E-state index in [2.05, 4.69) is 10.5 Å². The molecule has 0 spiro atoms. The Hall–Kier alpha value is -2.18. The molecule has 3 rings (SSSR count). The number of hydrogen-bond acceptors (Lipinski definition) is 4. The molecule has 6 heteroatoms. The van der Waals surface area contributed by atoms with E-state index in [0.29, 0.717) is 4.88 Å². The second kappa shape index (κ2) is 6.07. The predicted molar refractivity (Wildman–Crippen MR) is 87.6 cm³/mol. The molecular weight excluding hydrogens is 302 g/mol. The van der Waals surface area contributed by atoms with Crippen LogP contribution in [0.5, 0.6) is 0 Å². The van der Waals surface area contributed by atoms with Crippen LogP contribution in [-0.4, -0.2) is 16.2 Å². The highest BCUT2D eigenvalue weighted by molar-refractivity contribution is 7.12. The van der Waals surface area contributed by atoms with Crippen molar-refractivity contribution in [2.24, 2.45) is 5.10 Å². The Morgan fingerprint density at radius 1 is 1.14 bits per heavy atom. The molecular formula is C15H13N3OS2. The fraction of sp³-hybridized carbons (Fsp3) is 0.0667. The van der Waals surface area contributed by atoms with Crippen molar-refractivity contribution >= 4 is 34.3 Å². The minimum atomic E-state index is -0.190. The summed E-state index contributed by atoms with van der Waals surface area (Å²) in [5, 5.41) is 8.06. The summed E-state index contributed by atoms with van der Waals surface area (Å²) >= 11 is 3.00. The van der Waals surface area contributed by atoms with Gasteiger partial charge in [0.2, 0.25) is 0 Å². The van der Waals surface area contributed by atoms with E-state index in [4.69, 9.17) is 0 Å². The van der Waals surface area contributed by atoms with Gasteiger partial charge in [0.05, 0.1) is 11.4 Å². The first kappa shape index (κ1) is 13.8. The van der Waals surface area contributed by atoms with E-state index in [9.17, 15) is 4.79 Å². The highest BCUT2D eigenvalue weighted by atomic mass is 32.1. The smallest absolute Gasteiger partial charge is 0.283 e. The molecule has 0 unspecified atom stereocenters. The Labute approximate surface area is 130 Å². The highest BCUT2D eigenvalue weighted by Crippen LogP contribution is 2.21. The summed E-state index contributed by atoms with van der Waals surface area (Å²) in [5.41, 5.74) is 4.30. The molecule has 0 bridgehead atoms. The lowest BCUT2D eigenvalue weighted by Crippen LogP contribution is -2.19. The Kier molecular flexibility index (Phi) is 3.98. The molecule has 3 heterocycles. The van der Waals surface area contributed by atoms with Crippen LogP contribution in [0.25, 0.3) is 5.69 Å². The van der Waals surface area contributed by atoms with Gasteiger partial charge < -0.3 is 4.57 Å². The first-order chi connectivity index (χ1) is 10.3. The van der Waals surface area contributed by atoms with Crippen molar-refractivity contribution in [3.8, 4) is 5.69 Å². The van der Waals surface area contributed by atoms with Crippen LogP contribution in [0.3, 0.4) is 0 Å². The van der Waals surface area contributed by atoms with Crippen molar-refractivity contribution in [1.29, 1.82) is 0 Å². The first-order valence-electron chi connectivity index (χ1n) is 6.35. The molecule has 106 valence electrons. The largest absolute Gasteiger partial charge is 0.322 e. The number of thiophene rings is 2. The van der Waals surface area contributed by atoms with E-state index in [1.165, 1.54) is 11.3 Å². The monoisotopic (exact) mass is 315 g/mol. The molecule has 1 amide bonds. The van der Waals surface area contributed by atoms with E-state index in [-0.39, 0.29) is 5.91 Å². The van der Waals surface area contributed by atoms with E-state index < -0.39 is 0 Å². The molecule has 0 fully saturated rings. The van der Waals surface area contributed by atoms with Crippen molar-refractivity contribution < 1.29 is 4.79 Å². The summed E-state index contributed by atoms with van der Waals surface area (Å²) in [6, 6.07) is 9.72. The first-order valence-corrected chi connectivity index (χ1v) is 8.11. The van der Waals surface area contributed by atoms with Gasteiger partial charge in [-0.25, -0.2) is 5.43 Å². The highest BCUT2D eigenvalue weighted by Gasteiger charge is 2.13. The molecule has 3 aromatic rings. The van der Waals surface area contributed by atoms with Crippen LogP contribution in [0.1, 0.15) is 21.5 Å². The average molecular weight is 315 g/mol. The Morgan fingerprint density at radius 3 is 2.67 bits per heavy atom. The standard InChI is InChI=1S/C15H13N3OS2/c1-11(13-5-4-9-20-13)16-17-15(19)14-12(6-10-21-14)18-7-2-3-8-18/h2-10H,1H3,(H,17,19). The van der Waals surface area contributed by atoms with Gasteiger partial charge in [-0.3, -0.25) is 4.79 Å². The second-order valence-electron chi connectivity index (χ2n) is 4.34. The fourth-order valence-electron chi connectivity index (χ4n) is 1.90. The molecule has 0 atom stereocenters. The van der Waals surface area contributed by atoms with Gasteiger partial charge in [0.15, 0.2) is 0 Å². The number of aromatic nitrogens is 1. The lowest BCUT2D eigenvalue weighted by Gasteiger charge is -2.04. The van der Waals surface area contributed by atoms with E-state index in [1.807, 2.05) is 65.0 Å². The van der Waals surface area contributed by atoms with Crippen molar-refractivity contribution in [3.63, 3.8) is 0 Å². The predicted octanol–water partition coefficient (Wildman–Crippen LogP) is 3.75. The van der Waals surface area contributed by atoms with Crippen LogP contribution in [0.4, 0.5) is 0 Å². The summed E-state index contributed by atoms with van der Waals surface area (Å²) in [6.45, 7) is 1.88. The number of carbonyl (C=O) groups is 1. The molecule has 0 saturated heterocycles. The van der Waals surface area contributed by atoms with E-state index in [0.717, 1.165) is 16.3 Å². The SMILES string of the molecule is CC(=NNC(=O)c1sccc1-n1cccc1)c1cccs1. The third-order valence-corrected chi connectivity index (χ3v) is 4.82. The molecule has 1 N–H and O–H groups in total. The number of hydrazone groups is 1. The van der Waals surface area contributed by atoms with Crippen molar-refractivity contribution in [1.82, 2.24) is 9.99 Å². The average Bonchev–Trinajstić information content (AvgIpc) is 3.25. The van der Waals surface area contributed by atoms with Crippen molar-refractivity contribution in [2.45, 2.75) is 6.92 Å². The third kappa shape index (κ3) is 2.96. The van der Waals surface area contributed by atoms with Crippen LogP contribution in [-0.2, 0) is 0 Å². The van der Waals surface area contributed by atoms with Crippen LogP contribution >= 0.6 is 22.7 Å². The Balaban J connectivity index is 1.78. The number of nitrogens with one attached hydrogen (secondary N) is 1. The van der Waals surface area contributed by atoms with Crippen LogP contribution in [0.2, 0.25) is 0 Å². The summed E-state index contributed by atoms with van der Waals surface area (Å²) < 4.78 is 1.92. The Morgan fingerprint density at radius 2 is 1.95 bits per heavy atom. The summed E-state index contributed by atoms with van der Waals surface area (Å²) in [4.78, 5) is 14.0. The molecule has 3 aromatic heterocycles. The molecule has 4 nitrogen and oxygen atoms in total. The van der Waals surface area contributed by atoms with E-state index >= 15 is 0 Å². The number of carbonyl (C=O) groups excluding carboxylic acids is 1. The van der Waals surface area contributed by atoms with Gasteiger partial charge in [0, 0.05) is 17.3 Å². The maximum atomic E-state index is 12.3. The number of hydrogen-bond donors (Lipinski definition) is 1. The van der Waals surface area contributed by atoms with Crippen LogP contribution < -0.4 is 5.43 Å². The molecule has 0 aliphatic carbocycles. The maximum absolute atomic E-state index is 12.3. The Bertz CT molecular complexity index is 755. The minimum absolute atomic E-state index is 0.190. The maximum Gasteiger partial charge on any atom is 0.283 e. The molecule has 0 aromatic carbocycles. The normalized spacial score (nSPS) is 11.6. The molecule has 0 radical (unpaired) electrons. The van der Waals surface area contributed by atoms with Gasteiger partial charge in [-0.2, -0.15) is 5.10 Å². The van der Waals surface area contributed by atoms with Crippen molar-refractivity contribution in [3.05, 3.63) is 63.2 Å². The molecule has 21 heavy (non-hydrogen) atoms. The van der Waals surface area contributed by atoms with E-state index in [1.54, 1.807) is 11.3 Å². The lowest BCUT2D eigenvalue weighted by atomic mass is 10.3. The zero-order valence-corrected chi connectivity index (χ0v) is 12.9. The fourth-order valence-corrected chi connectivity index (χ4v) is 3.35. The second-order valence-corrected chi connectivity index (χ2v) is 6.20. The third-order valence-electron chi connectivity index (χ3n) is 2.94. The number of rotatable bonds is 4. The van der Waals surface area contributed by atoms with Crippen LogP contribution in [0, 0.1) is 0 Å². The number of nitrogens with zero attached hydrogens (tertiary/aromatic N) is 2. The van der Waals surface area contributed by atoms with Gasteiger partial charge in [0.25, 0.3) is 5.91 Å². The van der Waals surface area contributed by atoms with Gasteiger partial charge in [-0.15, -0.1) is 22.7 Å². The minimum Gasteiger partial charge on any atom is -0.322 e. The van der Waals surface area contributed by atoms with Gasteiger partial charge >= 0.3 is 0 Å². The molecule has 0 saturated carbocycles. The zero-order valence-electron chi connectivity index (χ0n) is 11.3. The molecule has 0 aliphatic heterocycles. The lowest BCUT2D eigenvalue weighted by molar-refractivity contribution is 0.0959. The van der Waals surface area contributed by atoms with Gasteiger partial charge in [-0.1, -0.05) is 6.07 Å².